The van der Waals surface area contributed by atoms with Crippen LogP contribution in [-0.4, -0.2) is 24.8 Å². The minimum Gasteiger partial charge on any atom is -0.282 e. The molecule has 1 nitrogen and oxygen atoms in total. The van der Waals surface area contributed by atoms with E-state index in [0.717, 1.165) is 37.5 Å². The summed E-state index contributed by atoms with van der Waals surface area (Å²) in [6.07, 6.45) is -1.40. The molecule has 3 saturated carbocycles. The third-order valence-corrected chi connectivity index (χ3v) is 8.07. The van der Waals surface area contributed by atoms with Crippen molar-refractivity contribution in [1.29, 1.82) is 0 Å². The van der Waals surface area contributed by atoms with E-state index in [1.807, 2.05) is 0 Å². The zero-order valence-electron chi connectivity index (χ0n) is 17.1. The smallest absolute Gasteiger partial charge is 0.282 e. The van der Waals surface area contributed by atoms with Gasteiger partial charge in [0.1, 0.15) is 18.4 Å². The molecule has 3 fully saturated rings. The third-order valence-electron chi connectivity index (χ3n) is 8.07. The van der Waals surface area contributed by atoms with E-state index >= 15 is 0 Å². The van der Waals surface area contributed by atoms with Gasteiger partial charge in [-0.1, -0.05) is 26.7 Å². The van der Waals surface area contributed by atoms with Crippen molar-refractivity contribution in [2.75, 3.05) is 0 Å². The van der Waals surface area contributed by atoms with E-state index in [-0.39, 0.29) is 24.7 Å². The van der Waals surface area contributed by atoms with Crippen molar-refractivity contribution in [1.82, 2.24) is 0 Å². The maximum atomic E-state index is 14.2. The van der Waals surface area contributed by atoms with E-state index in [1.165, 1.54) is 25.7 Å². The molecule has 0 aromatic heterocycles. The first-order chi connectivity index (χ1) is 13.1. The Labute approximate surface area is 165 Å². The molecule has 0 radical (unpaired) electrons. The van der Waals surface area contributed by atoms with Crippen molar-refractivity contribution in [2.45, 2.75) is 103 Å². The van der Waals surface area contributed by atoms with Gasteiger partial charge in [0.15, 0.2) is 0 Å². The maximum Gasteiger partial charge on any atom is 0.522 e. The van der Waals surface area contributed by atoms with Gasteiger partial charge in [0.2, 0.25) is 0 Å². The molecule has 3 aliphatic rings. The van der Waals surface area contributed by atoms with Crippen molar-refractivity contribution >= 4 is 0 Å². The van der Waals surface area contributed by atoms with Gasteiger partial charge in [-0.05, 0) is 86.9 Å². The number of hydrogen-bond acceptors (Lipinski definition) is 1. The quantitative estimate of drug-likeness (QED) is 0.444. The van der Waals surface area contributed by atoms with Crippen LogP contribution in [0.4, 0.5) is 22.0 Å². The summed E-state index contributed by atoms with van der Waals surface area (Å²) in [6, 6.07) is 0. The highest BCUT2D eigenvalue weighted by Gasteiger charge is 2.47. The van der Waals surface area contributed by atoms with Crippen molar-refractivity contribution in [3.8, 4) is 0 Å². The lowest BCUT2D eigenvalue weighted by molar-refractivity contribution is -0.358. The van der Waals surface area contributed by atoms with Crippen molar-refractivity contribution in [3.63, 3.8) is 0 Å². The van der Waals surface area contributed by atoms with Crippen LogP contribution < -0.4 is 0 Å². The van der Waals surface area contributed by atoms with Gasteiger partial charge in [-0.25, -0.2) is 8.78 Å². The fraction of sp³-hybridized carbons (Fsp3) is 1.00. The Morgan fingerprint density at radius 1 is 0.750 bits per heavy atom. The monoisotopic (exact) mass is 410 g/mol. The first-order valence-corrected chi connectivity index (χ1v) is 11.2. The Bertz CT molecular complexity index is 468. The molecule has 3 unspecified atom stereocenters. The van der Waals surface area contributed by atoms with Crippen molar-refractivity contribution in [3.05, 3.63) is 0 Å². The van der Waals surface area contributed by atoms with Crippen LogP contribution >= 0.6 is 0 Å². The molecule has 3 atom stereocenters. The fourth-order valence-corrected chi connectivity index (χ4v) is 6.20. The summed E-state index contributed by atoms with van der Waals surface area (Å²) in [5, 5.41) is 0. The SMILES string of the molecule is CC1CCC(C(C)C2CCC(C3CC(F)C(OC(F)(F)F)C(F)C3)CC2)CC1. The van der Waals surface area contributed by atoms with Crippen LogP contribution in [0.25, 0.3) is 0 Å². The Morgan fingerprint density at radius 3 is 1.68 bits per heavy atom. The van der Waals surface area contributed by atoms with Crippen LogP contribution in [0.2, 0.25) is 0 Å². The summed E-state index contributed by atoms with van der Waals surface area (Å²) in [6.45, 7) is 4.71. The molecular weight excluding hydrogens is 375 g/mol. The van der Waals surface area contributed by atoms with Crippen LogP contribution in [0.3, 0.4) is 0 Å². The molecule has 6 heteroatoms. The number of rotatable bonds is 4. The van der Waals surface area contributed by atoms with Crippen molar-refractivity contribution < 1.29 is 26.7 Å². The zero-order valence-corrected chi connectivity index (χ0v) is 17.1. The molecule has 0 bridgehead atoms. The summed E-state index contributed by atoms with van der Waals surface area (Å²) < 4.78 is 69.3. The molecule has 28 heavy (non-hydrogen) atoms. The van der Waals surface area contributed by atoms with E-state index in [4.69, 9.17) is 0 Å². The second-order valence-corrected chi connectivity index (χ2v) is 9.85. The average Bonchev–Trinajstić information content (AvgIpc) is 2.64. The Morgan fingerprint density at radius 2 is 1.21 bits per heavy atom. The second kappa shape index (κ2) is 9.18. The number of ether oxygens (including phenoxy) is 1. The highest BCUT2D eigenvalue weighted by Crippen LogP contribution is 2.46. The molecule has 0 saturated heterocycles. The second-order valence-electron chi connectivity index (χ2n) is 9.85. The van der Waals surface area contributed by atoms with Crippen LogP contribution in [0.1, 0.15) is 78.1 Å². The van der Waals surface area contributed by atoms with E-state index in [2.05, 4.69) is 18.6 Å². The molecule has 3 aliphatic carbocycles. The maximum absolute atomic E-state index is 14.2. The molecule has 0 aromatic carbocycles. The van der Waals surface area contributed by atoms with Gasteiger partial charge in [0.25, 0.3) is 0 Å². The van der Waals surface area contributed by atoms with E-state index in [9.17, 15) is 22.0 Å². The standard InChI is InChI=1S/C22H35F5O/c1-13-3-5-15(6-4-13)14(2)16-7-9-17(10-8-16)18-11-19(23)21(20(24)12-18)28-22(25,26)27/h13-21H,3-12H2,1-2H3. The van der Waals surface area contributed by atoms with Gasteiger partial charge in [-0.3, -0.25) is 4.74 Å². The normalized spacial score (nSPS) is 44.2. The zero-order chi connectivity index (χ0) is 20.5. The fourth-order valence-electron chi connectivity index (χ4n) is 6.20. The van der Waals surface area contributed by atoms with Crippen LogP contribution in [0.15, 0.2) is 0 Å². The van der Waals surface area contributed by atoms with Gasteiger partial charge in [-0.2, -0.15) is 0 Å². The molecule has 0 heterocycles. The van der Waals surface area contributed by atoms with Gasteiger partial charge in [-0.15, -0.1) is 13.2 Å². The number of alkyl halides is 5. The van der Waals surface area contributed by atoms with Gasteiger partial charge < -0.3 is 0 Å². The molecule has 0 aliphatic heterocycles. The van der Waals surface area contributed by atoms with Crippen LogP contribution in [-0.2, 0) is 4.74 Å². The topological polar surface area (TPSA) is 9.23 Å². The highest BCUT2D eigenvalue weighted by molar-refractivity contribution is 4.92. The lowest BCUT2D eigenvalue weighted by atomic mass is 9.64. The van der Waals surface area contributed by atoms with Gasteiger partial charge in [0.05, 0.1) is 0 Å². The molecular formula is C22H35F5O. The molecule has 3 rings (SSSR count). The molecule has 0 aromatic rings. The van der Waals surface area contributed by atoms with E-state index in [0.29, 0.717) is 11.8 Å². The summed E-state index contributed by atoms with van der Waals surface area (Å²) in [5.74, 6) is 3.10. The lowest BCUT2D eigenvalue weighted by Gasteiger charge is -2.43. The number of hydrogen-bond donors (Lipinski definition) is 0. The molecule has 0 spiro atoms. The molecule has 0 amide bonds. The predicted octanol–water partition coefficient (Wildman–Crippen LogP) is 7.25. The number of halogens is 5. The van der Waals surface area contributed by atoms with Gasteiger partial charge in [0, 0.05) is 0 Å². The summed E-state index contributed by atoms with van der Waals surface area (Å²) >= 11 is 0. The summed E-state index contributed by atoms with van der Waals surface area (Å²) in [5.41, 5.74) is 0. The predicted molar refractivity (Wildman–Crippen MR) is 99.2 cm³/mol. The first kappa shape index (κ1) is 22.3. The molecule has 0 N–H and O–H groups in total. The minimum absolute atomic E-state index is 0.00737. The average molecular weight is 411 g/mol. The van der Waals surface area contributed by atoms with E-state index in [1.54, 1.807) is 0 Å². The summed E-state index contributed by atoms with van der Waals surface area (Å²) in [7, 11) is 0. The minimum atomic E-state index is -4.99. The Balaban J connectivity index is 1.47. The Kier molecular flexibility index (Phi) is 7.31. The van der Waals surface area contributed by atoms with Gasteiger partial charge >= 0.3 is 6.36 Å². The first-order valence-electron chi connectivity index (χ1n) is 11.2. The third kappa shape index (κ3) is 5.60. The highest BCUT2D eigenvalue weighted by atomic mass is 19.4. The van der Waals surface area contributed by atoms with E-state index < -0.39 is 24.8 Å². The van der Waals surface area contributed by atoms with Crippen molar-refractivity contribution in [2.24, 2.45) is 35.5 Å². The van der Waals surface area contributed by atoms with Crippen LogP contribution in [0.5, 0.6) is 0 Å². The summed E-state index contributed by atoms with van der Waals surface area (Å²) in [4.78, 5) is 0. The van der Waals surface area contributed by atoms with Crippen LogP contribution in [0, 0.1) is 35.5 Å². The Hall–Kier alpha value is -0.390. The lowest BCUT2D eigenvalue weighted by Crippen LogP contribution is -2.46. The molecule has 164 valence electrons. The largest absolute Gasteiger partial charge is 0.522 e.